The maximum absolute atomic E-state index is 12.8. The minimum absolute atomic E-state index is 0.00508. The number of nitrogens with zero attached hydrogens (tertiary/aromatic N) is 4. The highest BCUT2D eigenvalue weighted by atomic mass is 16.5. The zero-order valence-electron chi connectivity index (χ0n) is 17.1. The topological polar surface area (TPSA) is 83.1 Å². The average Bonchev–Trinajstić information content (AvgIpc) is 3.24. The Labute approximate surface area is 169 Å². The normalized spacial score (nSPS) is 19.4. The summed E-state index contributed by atoms with van der Waals surface area (Å²) in [4.78, 5) is 29.3. The van der Waals surface area contributed by atoms with E-state index in [0.29, 0.717) is 18.3 Å². The van der Waals surface area contributed by atoms with E-state index >= 15 is 0 Å². The van der Waals surface area contributed by atoms with Gasteiger partial charge in [-0.15, -0.1) is 0 Å². The Morgan fingerprint density at radius 3 is 2.62 bits per heavy atom. The number of aromatic nitrogens is 4. The van der Waals surface area contributed by atoms with Gasteiger partial charge in [0.2, 0.25) is 5.91 Å². The van der Waals surface area contributed by atoms with Crippen molar-refractivity contribution in [3.05, 3.63) is 41.2 Å². The summed E-state index contributed by atoms with van der Waals surface area (Å²) in [7, 11) is 5.29. The third-order valence-corrected chi connectivity index (χ3v) is 6.08. The van der Waals surface area contributed by atoms with Crippen LogP contribution in [0, 0.1) is 11.8 Å². The van der Waals surface area contributed by atoms with Gasteiger partial charge in [0.05, 0.1) is 30.7 Å². The number of hydrogen-bond donors (Lipinski definition) is 1. The van der Waals surface area contributed by atoms with Crippen LogP contribution in [-0.4, -0.2) is 31.7 Å². The highest BCUT2D eigenvalue weighted by molar-refractivity contribution is 5.91. The molecule has 1 fully saturated rings. The molecule has 1 N–H and O–H groups in total. The maximum atomic E-state index is 12.8. The minimum atomic E-state index is -0.00988. The molecule has 0 spiro atoms. The van der Waals surface area contributed by atoms with Crippen molar-refractivity contribution >= 4 is 22.8 Å². The van der Waals surface area contributed by atoms with E-state index in [9.17, 15) is 9.59 Å². The molecule has 1 saturated carbocycles. The minimum Gasteiger partial charge on any atom is -0.497 e. The Kier molecular flexibility index (Phi) is 5.17. The monoisotopic (exact) mass is 397 g/mol. The lowest BCUT2D eigenvalue weighted by Crippen LogP contribution is -2.31. The number of ether oxygens (including phenoxy) is 1. The van der Waals surface area contributed by atoms with Crippen LogP contribution in [0.15, 0.2) is 35.5 Å². The van der Waals surface area contributed by atoms with Crippen molar-refractivity contribution in [3.8, 4) is 5.75 Å². The Bertz CT molecular complexity index is 1090. The van der Waals surface area contributed by atoms with Crippen molar-refractivity contribution < 1.29 is 9.53 Å². The zero-order valence-corrected chi connectivity index (χ0v) is 17.1. The second-order valence-electron chi connectivity index (χ2n) is 7.90. The molecule has 4 rings (SSSR count). The molecule has 3 aromatic rings. The third-order valence-electron chi connectivity index (χ3n) is 6.08. The van der Waals surface area contributed by atoms with Crippen LogP contribution >= 0.6 is 0 Å². The summed E-state index contributed by atoms with van der Waals surface area (Å²) in [6, 6.07) is 5.72. The molecule has 2 aromatic heterocycles. The van der Waals surface area contributed by atoms with Crippen LogP contribution in [0.1, 0.15) is 25.7 Å². The molecule has 29 heavy (non-hydrogen) atoms. The summed E-state index contributed by atoms with van der Waals surface area (Å²) in [5.74, 6) is 1.90. The van der Waals surface area contributed by atoms with Crippen LogP contribution < -0.4 is 15.7 Å². The summed E-state index contributed by atoms with van der Waals surface area (Å²) in [5, 5.41) is 2.96. The van der Waals surface area contributed by atoms with Gasteiger partial charge in [-0.25, -0.2) is 9.78 Å². The van der Waals surface area contributed by atoms with E-state index in [0.717, 1.165) is 42.5 Å². The lowest BCUT2D eigenvalue weighted by Gasteiger charge is -2.28. The Morgan fingerprint density at radius 2 is 1.97 bits per heavy atom. The SMILES string of the molecule is COc1ccc2c(c1)n(CC1CCC(C(=O)Nc3cncn3C)CC1)c(=O)n2C. The van der Waals surface area contributed by atoms with Crippen molar-refractivity contribution in [2.45, 2.75) is 32.2 Å². The fraction of sp³-hybridized carbons (Fsp3) is 0.476. The molecule has 2 heterocycles. The van der Waals surface area contributed by atoms with Crippen LogP contribution in [-0.2, 0) is 25.4 Å². The fourth-order valence-corrected chi connectivity index (χ4v) is 4.26. The molecule has 0 aliphatic heterocycles. The second kappa shape index (κ2) is 7.77. The quantitative estimate of drug-likeness (QED) is 0.717. The van der Waals surface area contributed by atoms with Gasteiger partial charge >= 0.3 is 5.69 Å². The molecule has 0 bridgehead atoms. The number of hydrogen-bond acceptors (Lipinski definition) is 4. The predicted molar refractivity (Wildman–Crippen MR) is 111 cm³/mol. The van der Waals surface area contributed by atoms with Gasteiger partial charge in [0.15, 0.2) is 0 Å². The van der Waals surface area contributed by atoms with Crippen molar-refractivity contribution in [2.24, 2.45) is 25.9 Å². The fourth-order valence-electron chi connectivity index (χ4n) is 4.26. The van der Waals surface area contributed by atoms with Crippen molar-refractivity contribution in [1.29, 1.82) is 0 Å². The third kappa shape index (κ3) is 3.66. The summed E-state index contributed by atoms with van der Waals surface area (Å²) < 4.78 is 10.7. The zero-order chi connectivity index (χ0) is 20.5. The summed E-state index contributed by atoms with van der Waals surface area (Å²) in [6.45, 7) is 0.666. The van der Waals surface area contributed by atoms with Gasteiger partial charge in [0.1, 0.15) is 11.6 Å². The Morgan fingerprint density at radius 1 is 1.21 bits per heavy atom. The highest BCUT2D eigenvalue weighted by Crippen LogP contribution is 2.31. The van der Waals surface area contributed by atoms with Crippen LogP contribution in [0.3, 0.4) is 0 Å². The molecule has 1 aliphatic rings. The first kappa shape index (κ1) is 19.3. The van der Waals surface area contributed by atoms with Crippen LogP contribution in [0.25, 0.3) is 11.0 Å². The van der Waals surface area contributed by atoms with Crippen molar-refractivity contribution in [2.75, 3.05) is 12.4 Å². The second-order valence-corrected chi connectivity index (χ2v) is 7.90. The Hall–Kier alpha value is -3.03. The number of amides is 1. The van der Waals surface area contributed by atoms with Crippen LogP contribution in [0.4, 0.5) is 5.82 Å². The lowest BCUT2D eigenvalue weighted by atomic mass is 9.81. The first-order valence-corrected chi connectivity index (χ1v) is 9.98. The molecular formula is C21H27N5O3. The van der Waals surface area contributed by atoms with Gasteiger partial charge in [0.25, 0.3) is 0 Å². The molecule has 154 valence electrons. The number of fused-ring (bicyclic) bond motifs is 1. The van der Waals surface area contributed by atoms with E-state index in [2.05, 4.69) is 10.3 Å². The van der Waals surface area contributed by atoms with Gasteiger partial charge in [-0.05, 0) is 43.7 Å². The summed E-state index contributed by atoms with van der Waals surface area (Å²) in [6.07, 6.45) is 6.84. The van der Waals surface area contributed by atoms with E-state index < -0.39 is 0 Å². The summed E-state index contributed by atoms with van der Waals surface area (Å²) in [5.41, 5.74) is 1.79. The lowest BCUT2D eigenvalue weighted by molar-refractivity contribution is -0.121. The van der Waals surface area contributed by atoms with Gasteiger partial charge < -0.3 is 14.6 Å². The van der Waals surface area contributed by atoms with Gasteiger partial charge in [-0.2, -0.15) is 0 Å². The molecule has 8 heteroatoms. The molecule has 0 unspecified atom stereocenters. The number of carbonyl (C=O) groups excluding carboxylic acids is 1. The van der Waals surface area contributed by atoms with Gasteiger partial charge in [0, 0.05) is 32.6 Å². The predicted octanol–water partition coefficient (Wildman–Crippen LogP) is 2.53. The van der Waals surface area contributed by atoms with Crippen LogP contribution in [0.5, 0.6) is 5.75 Å². The number of methoxy groups -OCH3 is 1. The molecule has 8 nitrogen and oxygen atoms in total. The van der Waals surface area contributed by atoms with E-state index in [4.69, 9.17) is 4.74 Å². The van der Waals surface area contributed by atoms with Crippen molar-refractivity contribution in [1.82, 2.24) is 18.7 Å². The van der Waals surface area contributed by atoms with E-state index in [-0.39, 0.29) is 17.5 Å². The van der Waals surface area contributed by atoms with E-state index in [1.807, 2.05) is 29.8 Å². The van der Waals surface area contributed by atoms with Crippen LogP contribution in [0.2, 0.25) is 0 Å². The number of benzene rings is 1. The number of aryl methyl sites for hydroxylation is 2. The smallest absolute Gasteiger partial charge is 0.328 e. The number of carbonyl (C=O) groups is 1. The average molecular weight is 397 g/mol. The number of rotatable bonds is 5. The molecule has 0 radical (unpaired) electrons. The van der Waals surface area contributed by atoms with Gasteiger partial charge in [-0.1, -0.05) is 0 Å². The van der Waals surface area contributed by atoms with Gasteiger partial charge in [-0.3, -0.25) is 13.9 Å². The molecule has 1 aliphatic carbocycles. The molecule has 0 atom stereocenters. The Balaban J connectivity index is 1.43. The first-order chi connectivity index (χ1) is 14.0. The standard InChI is InChI=1S/C21H27N5O3/c1-24-13-22-11-19(24)23-20(27)15-6-4-14(5-7-15)12-26-18-10-16(29-3)8-9-17(18)25(2)21(26)28/h8-11,13-15H,4-7,12H2,1-3H3,(H,23,27). The number of anilines is 1. The number of nitrogens with one attached hydrogen (secondary N) is 1. The molecular weight excluding hydrogens is 370 g/mol. The number of imidazole rings is 2. The highest BCUT2D eigenvalue weighted by Gasteiger charge is 2.28. The van der Waals surface area contributed by atoms with Crippen molar-refractivity contribution in [3.63, 3.8) is 0 Å². The first-order valence-electron chi connectivity index (χ1n) is 9.98. The molecule has 1 aromatic carbocycles. The molecule has 0 saturated heterocycles. The molecule has 1 amide bonds. The van der Waals surface area contributed by atoms with E-state index in [1.165, 1.54) is 0 Å². The summed E-state index contributed by atoms with van der Waals surface area (Å²) >= 11 is 0. The van der Waals surface area contributed by atoms with E-state index in [1.54, 1.807) is 35.8 Å². The largest absolute Gasteiger partial charge is 0.497 e. The maximum Gasteiger partial charge on any atom is 0.328 e.